The lowest BCUT2D eigenvalue weighted by Crippen LogP contribution is -1.96. The Kier molecular flexibility index (Phi) is 4.55. The van der Waals surface area contributed by atoms with E-state index in [1.165, 1.54) is 21.5 Å². The Labute approximate surface area is 261 Å². The third-order valence-electron chi connectivity index (χ3n) is 9.70. The Morgan fingerprint density at radius 1 is 0.348 bits per heavy atom. The Bertz CT molecular complexity index is 3020. The van der Waals surface area contributed by atoms with E-state index >= 15 is 0 Å². The van der Waals surface area contributed by atoms with E-state index in [0.29, 0.717) is 0 Å². The Hall–Kier alpha value is -6.26. The second-order valence-electron chi connectivity index (χ2n) is 12.1. The minimum Gasteiger partial charge on any atom is -0.456 e. The van der Waals surface area contributed by atoms with Crippen LogP contribution in [0.25, 0.3) is 98.9 Å². The highest BCUT2D eigenvalue weighted by Gasteiger charge is 2.23. The van der Waals surface area contributed by atoms with Crippen LogP contribution in [0.5, 0.6) is 0 Å². The monoisotopic (exact) mass is 588 g/mol. The molecule has 0 saturated heterocycles. The molecule has 0 unspecified atom stereocenters. The van der Waals surface area contributed by atoms with E-state index in [4.69, 9.17) is 8.83 Å². The molecule has 0 N–H and O–H groups in total. The lowest BCUT2D eigenvalue weighted by atomic mass is 10.0. The molecule has 0 aliphatic rings. The smallest absolute Gasteiger partial charge is 0.159 e. The van der Waals surface area contributed by atoms with Crippen LogP contribution in [0.3, 0.4) is 0 Å². The van der Waals surface area contributed by atoms with Crippen molar-refractivity contribution in [3.05, 3.63) is 146 Å². The van der Waals surface area contributed by atoms with Crippen LogP contribution in [0.1, 0.15) is 0 Å². The first-order chi connectivity index (χ1) is 22.8. The molecule has 0 aliphatic heterocycles. The van der Waals surface area contributed by atoms with Crippen LogP contribution in [0.4, 0.5) is 0 Å². The maximum Gasteiger partial charge on any atom is 0.159 e. The third kappa shape index (κ3) is 3.03. The van der Waals surface area contributed by atoms with Gasteiger partial charge in [0.15, 0.2) is 5.58 Å². The van der Waals surface area contributed by atoms with E-state index in [2.05, 4.69) is 137 Å². The summed E-state index contributed by atoms with van der Waals surface area (Å²) in [5.41, 5.74) is 10.3. The second kappa shape index (κ2) is 8.68. The minimum atomic E-state index is 0.890. The van der Waals surface area contributed by atoms with Gasteiger partial charge in [0.2, 0.25) is 0 Å². The molecule has 11 rings (SSSR count). The molecule has 214 valence electrons. The Morgan fingerprint density at radius 2 is 1.04 bits per heavy atom. The number of para-hydroxylation sites is 5. The predicted molar refractivity (Wildman–Crippen MR) is 190 cm³/mol. The first-order valence-electron chi connectivity index (χ1n) is 15.6. The molecule has 4 heteroatoms. The topological polar surface area (TPSA) is 36.1 Å². The average molecular weight is 589 g/mol. The first-order valence-corrected chi connectivity index (χ1v) is 15.6. The van der Waals surface area contributed by atoms with E-state index in [-0.39, 0.29) is 0 Å². The van der Waals surface area contributed by atoms with E-state index in [1.54, 1.807) is 0 Å². The van der Waals surface area contributed by atoms with Crippen LogP contribution < -0.4 is 0 Å². The van der Waals surface area contributed by atoms with Crippen molar-refractivity contribution in [2.45, 2.75) is 0 Å². The molecule has 0 saturated carbocycles. The quantitative estimate of drug-likeness (QED) is 0.201. The number of rotatable bonds is 2. The number of fused-ring (bicyclic) bond motifs is 13. The van der Waals surface area contributed by atoms with Gasteiger partial charge in [0.1, 0.15) is 16.7 Å². The molecule has 0 atom stereocenters. The van der Waals surface area contributed by atoms with Crippen molar-refractivity contribution in [3.63, 3.8) is 0 Å². The molecule has 0 amide bonds. The van der Waals surface area contributed by atoms with Gasteiger partial charge in [-0.1, -0.05) is 84.9 Å². The van der Waals surface area contributed by atoms with Crippen LogP contribution in [-0.2, 0) is 0 Å². The molecule has 0 spiro atoms. The van der Waals surface area contributed by atoms with E-state index in [9.17, 15) is 0 Å². The zero-order chi connectivity index (χ0) is 29.9. The second-order valence-corrected chi connectivity index (χ2v) is 12.1. The highest BCUT2D eigenvalue weighted by atomic mass is 16.3. The number of benzene rings is 7. The van der Waals surface area contributed by atoms with Gasteiger partial charge in [0.05, 0.1) is 27.8 Å². The molecule has 0 aliphatic carbocycles. The molecule has 11 aromatic rings. The number of furan rings is 2. The summed E-state index contributed by atoms with van der Waals surface area (Å²) in [5.74, 6) is 0. The summed E-state index contributed by atoms with van der Waals surface area (Å²) in [4.78, 5) is 0. The fourth-order valence-electron chi connectivity index (χ4n) is 7.81. The molecule has 4 nitrogen and oxygen atoms in total. The van der Waals surface area contributed by atoms with E-state index in [0.717, 1.165) is 77.3 Å². The van der Waals surface area contributed by atoms with Gasteiger partial charge in [-0.2, -0.15) is 0 Å². The van der Waals surface area contributed by atoms with Gasteiger partial charge in [-0.25, -0.2) is 0 Å². The fraction of sp³-hybridized carbons (Fsp3) is 0. The summed E-state index contributed by atoms with van der Waals surface area (Å²) in [6.07, 6.45) is 0. The van der Waals surface area contributed by atoms with Crippen molar-refractivity contribution >= 4 is 87.5 Å². The van der Waals surface area contributed by atoms with Crippen LogP contribution in [0, 0.1) is 0 Å². The number of hydrogen-bond acceptors (Lipinski definition) is 2. The third-order valence-corrected chi connectivity index (χ3v) is 9.70. The van der Waals surface area contributed by atoms with Gasteiger partial charge in [-0.3, -0.25) is 0 Å². The van der Waals surface area contributed by atoms with Crippen molar-refractivity contribution in [1.29, 1.82) is 0 Å². The molecular formula is C42H24N2O2. The zero-order valence-corrected chi connectivity index (χ0v) is 24.6. The van der Waals surface area contributed by atoms with Crippen molar-refractivity contribution in [2.24, 2.45) is 0 Å². The van der Waals surface area contributed by atoms with Crippen LogP contribution >= 0.6 is 0 Å². The Morgan fingerprint density at radius 3 is 1.91 bits per heavy atom. The number of nitrogens with zero attached hydrogens (tertiary/aromatic N) is 2. The summed E-state index contributed by atoms with van der Waals surface area (Å²) in [7, 11) is 0. The SMILES string of the molecule is c1ccc(-n2c3cc4c(cc3c3c5c(ccc32)oc2ccccc25)c2ccccc2n4-c2cccc3c2oc2ccccc23)cc1. The average Bonchev–Trinajstić information content (AvgIpc) is 3.85. The first kappa shape index (κ1) is 24.1. The van der Waals surface area contributed by atoms with Gasteiger partial charge in [0.25, 0.3) is 0 Å². The van der Waals surface area contributed by atoms with Crippen LogP contribution in [0.15, 0.2) is 154 Å². The van der Waals surface area contributed by atoms with Gasteiger partial charge in [0, 0.05) is 48.8 Å². The molecule has 0 radical (unpaired) electrons. The summed E-state index contributed by atoms with van der Waals surface area (Å²) in [5, 5.41) is 9.35. The summed E-state index contributed by atoms with van der Waals surface area (Å²) in [6.45, 7) is 0. The molecule has 4 heterocycles. The number of aromatic nitrogens is 2. The van der Waals surface area contributed by atoms with Crippen molar-refractivity contribution in [1.82, 2.24) is 9.13 Å². The van der Waals surface area contributed by atoms with Crippen molar-refractivity contribution < 1.29 is 8.83 Å². The zero-order valence-electron chi connectivity index (χ0n) is 24.6. The fourth-order valence-corrected chi connectivity index (χ4v) is 7.81. The lowest BCUT2D eigenvalue weighted by molar-refractivity contribution is 0.666. The van der Waals surface area contributed by atoms with Gasteiger partial charge in [-0.05, 0) is 60.7 Å². The van der Waals surface area contributed by atoms with E-state index < -0.39 is 0 Å². The predicted octanol–water partition coefficient (Wildman–Crippen LogP) is 11.7. The van der Waals surface area contributed by atoms with Gasteiger partial charge >= 0.3 is 0 Å². The minimum absolute atomic E-state index is 0.890. The van der Waals surface area contributed by atoms with E-state index in [1.807, 2.05) is 18.2 Å². The molecule has 0 fully saturated rings. The summed E-state index contributed by atoms with van der Waals surface area (Å²) in [6, 6.07) is 51.6. The number of hydrogen-bond donors (Lipinski definition) is 0. The summed E-state index contributed by atoms with van der Waals surface area (Å²) < 4.78 is 17.7. The lowest BCUT2D eigenvalue weighted by Gasteiger charge is -2.10. The Balaban J connectivity index is 1.36. The van der Waals surface area contributed by atoms with Crippen LogP contribution in [0.2, 0.25) is 0 Å². The molecule has 7 aromatic carbocycles. The van der Waals surface area contributed by atoms with Crippen molar-refractivity contribution in [2.75, 3.05) is 0 Å². The maximum absolute atomic E-state index is 6.58. The largest absolute Gasteiger partial charge is 0.456 e. The standard InChI is InChI=1S/C42H24N2O2/c1-2-11-25(12-3-1)43-33-21-22-39-41(29-15-6-9-20-38(29)45-39)40(33)31-23-30-26-13-4-7-17-32(26)44(35(30)24-36(31)43)34-18-10-16-28-27-14-5-8-19-37(27)46-42(28)34/h1-24H. The molecule has 4 aromatic heterocycles. The van der Waals surface area contributed by atoms with Gasteiger partial charge in [-0.15, -0.1) is 0 Å². The maximum atomic E-state index is 6.58. The van der Waals surface area contributed by atoms with Gasteiger partial charge < -0.3 is 18.0 Å². The molecular weight excluding hydrogens is 564 g/mol. The van der Waals surface area contributed by atoms with Crippen molar-refractivity contribution in [3.8, 4) is 11.4 Å². The molecule has 0 bridgehead atoms. The highest BCUT2D eigenvalue weighted by molar-refractivity contribution is 6.29. The normalized spacial score (nSPS) is 12.3. The highest BCUT2D eigenvalue weighted by Crippen LogP contribution is 2.45. The van der Waals surface area contributed by atoms with Crippen LogP contribution in [-0.4, -0.2) is 9.13 Å². The summed E-state index contributed by atoms with van der Waals surface area (Å²) >= 11 is 0. The molecule has 46 heavy (non-hydrogen) atoms.